The first kappa shape index (κ1) is 11.7. The summed E-state index contributed by atoms with van der Waals surface area (Å²) >= 11 is 0. The first-order chi connectivity index (χ1) is 8.04. The van der Waals surface area contributed by atoms with Gasteiger partial charge >= 0.3 is 0 Å². The summed E-state index contributed by atoms with van der Waals surface area (Å²) in [5.74, 6) is -0.0347. The molecule has 3 nitrogen and oxygen atoms in total. The van der Waals surface area contributed by atoms with Crippen LogP contribution in [-0.2, 0) is 4.74 Å². The molecule has 88 valence electrons. The molecule has 0 fully saturated rings. The molecule has 0 N–H and O–H groups in total. The molecule has 0 atom stereocenters. The average molecular weight is 229 g/mol. The van der Waals surface area contributed by atoms with Crippen LogP contribution in [0.3, 0.4) is 0 Å². The van der Waals surface area contributed by atoms with E-state index in [4.69, 9.17) is 4.74 Å². The minimum Gasteiger partial charge on any atom is -0.371 e. The van der Waals surface area contributed by atoms with Crippen LogP contribution >= 0.6 is 0 Å². The highest BCUT2D eigenvalue weighted by molar-refractivity contribution is 6.04. The van der Waals surface area contributed by atoms with E-state index in [-0.39, 0.29) is 5.78 Å². The van der Waals surface area contributed by atoms with Crippen LogP contribution in [0, 0.1) is 0 Å². The number of carbonyl (C=O) groups is 1. The van der Waals surface area contributed by atoms with Gasteiger partial charge in [-0.05, 0) is 26.0 Å². The Labute approximate surface area is 100 Å². The van der Waals surface area contributed by atoms with Crippen LogP contribution in [0.15, 0.2) is 36.5 Å². The summed E-state index contributed by atoms with van der Waals surface area (Å²) in [6.45, 7) is 3.52. The lowest BCUT2D eigenvalue weighted by Gasteiger charge is -2.21. The van der Waals surface area contributed by atoms with Gasteiger partial charge in [-0.1, -0.05) is 18.2 Å². The number of aromatic nitrogens is 1. The molecule has 0 aliphatic rings. The number of methoxy groups -OCH3 is 1. The maximum atomic E-state index is 12.2. The minimum atomic E-state index is -0.803. The molecule has 0 saturated carbocycles. The minimum absolute atomic E-state index is 0.0347. The van der Waals surface area contributed by atoms with Crippen molar-refractivity contribution in [2.75, 3.05) is 7.11 Å². The molecule has 0 aliphatic heterocycles. The highest BCUT2D eigenvalue weighted by Gasteiger charge is 2.28. The van der Waals surface area contributed by atoms with Crippen LogP contribution in [0.4, 0.5) is 0 Å². The Morgan fingerprint density at radius 1 is 1.29 bits per heavy atom. The lowest BCUT2D eigenvalue weighted by molar-refractivity contribution is 0.0228. The van der Waals surface area contributed by atoms with Gasteiger partial charge in [-0.3, -0.25) is 9.78 Å². The van der Waals surface area contributed by atoms with Crippen molar-refractivity contribution in [2.45, 2.75) is 19.4 Å². The Morgan fingerprint density at radius 3 is 2.76 bits per heavy atom. The van der Waals surface area contributed by atoms with Crippen molar-refractivity contribution < 1.29 is 9.53 Å². The summed E-state index contributed by atoms with van der Waals surface area (Å²) in [4.78, 5) is 16.4. The van der Waals surface area contributed by atoms with Crippen LogP contribution in [0.25, 0.3) is 10.9 Å². The highest BCUT2D eigenvalue weighted by Crippen LogP contribution is 2.19. The van der Waals surface area contributed by atoms with E-state index in [1.54, 1.807) is 26.1 Å². The molecule has 0 amide bonds. The molecule has 0 spiro atoms. The summed E-state index contributed by atoms with van der Waals surface area (Å²) in [6.07, 6.45) is 1.72. The zero-order valence-corrected chi connectivity index (χ0v) is 10.2. The van der Waals surface area contributed by atoms with Gasteiger partial charge in [0.05, 0.1) is 5.52 Å². The van der Waals surface area contributed by atoms with Gasteiger partial charge in [0, 0.05) is 24.3 Å². The van der Waals surface area contributed by atoms with Gasteiger partial charge in [0.1, 0.15) is 5.60 Å². The molecule has 17 heavy (non-hydrogen) atoms. The van der Waals surface area contributed by atoms with Crippen molar-refractivity contribution in [1.82, 2.24) is 4.98 Å². The summed E-state index contributed by atoms with van der Waals surface area (Å²) < 4.78 is 5.20. The lowest BCUT2D eigenvalue weighted by Crippen LogP contribution is -2.33. The van der Waals surface area contributed by atoms with Crippen molar-refractivity contribution >= 4 is 16.7 Å². The van der Waals surface area contributed by atoms with Crippen LogP contribution in [-0.4, -0.2) is 23.5 Å². The molecule has 1 aromatic carbocycles. The maximum absolute atomic E-state index is 12.2. The van der Waals surface area contributed by atoms with E-state index in [2.05, 4.69) is 4.98 Å². The van der Waals surface area contributed by atoms with Crippen molar-refractivity contribution in [3.05, 3.63) is 42.1 Å². The molecule has 0 radical (unpaired) electrons. The van der Waals surface area contributed by atoms with E-state index in [0.717, 1.165) is 10.9 Å². The zero-order valence-electron chi connectivity index (χ0n) is 10.2. The lowest BCUT2D eigenvalue weighted by atomic mass is 9.96. The smallest absolute Gasteiger partial charge is 0.194 e. The fraction of sp³-hybridized carbons (Fsp3) is 0.286. The van der Waals surface area contributed by atoms with E-state index < -0.39 is 5.60 Å². The SMILES string of the molecule is COC(C)(C)C(=O)c1ccc2cccnc2c1. The van der Waals surface area contributed by atoms with Gasteiger partial charge in [-0.15, -0.1) is 0 Å². The number of ether oxygens (including phenoxy) is 1. The van der Waals surface area contributed by atoms with Crippen LogP contribution in [0.2, 0.25) is 0 Å². The quantitative estimate of drug-likeness (QED) is 0.760. The second kappa shape index (κ2) is 4.26. The third-order valence-corrected chi connectivity index (χ3v) is 2.93. The van der Waals surface area contributed by atoms with E-state index >= 15 is 0 Å². The van der Waals surface area contributed by atoms with Crippen LogP contribution in [0.1, 0.15) is 24.2 Å². The first-order valence-electron chi connectivity index (χ1n) is 5.49. The number of Topliss-reactive ketones (excluding diaryl/α,β-unsaturated/α-hetero) is 1. The fourth-order valence-corrected chi connectivity index (χ4v) is 1.65. The summed E-state index contributed by atoms with van der Waals surface area (Å²) in [7, 11) is 1.54. The topological polar surface area (TPSA) is 39.2 Å². The third kappa shape index (κ3) is 2.19. The fourth-order valence-electron chi connectivity index (χ4n) is 1.65. The van der Waals surface area contributed by atoms with E-state index in [1.807, 2.05) is 24.3 Å². The van der Waals surface area contributed by atoms with Crippen molar-refractivity contribution in [1.29, 1.82) is 0 Å². The third-order valence-electron chi connectivity index (χ3n) is 2.93. The molecule has 2 rings (SSSR count). The second-order valence-electron chi connectivity index (χ2n) is 4.45. The van der Waals surface area contributed by atoms with Crippen molar-refractivity contribution in [2.24, 2.45) is 0 Å². The molecule has 0 unspecified atom stereocenters. The Bertz CT molecular complexity index is 561. The van der Waals surface area contributed by atoms with Gasteiger partial charge in [0.2, 0.25) is 0 Å². The van der Waals surface area contributed by atoms with Gasteiger partial charge < -0.3 is 4.74 Å². The Balaban J connectivity index is 2.47. The number of ketones is 1. The van der Waals surface area contributed by atoms with Crippen molar-refractivity contribution in [3.8, 4) is 0 Å². The molecule has 3 heteroatoms. The Hall–Kier alpha value is -1.74. The number of hydrogen-bond acceptors (Lipinski definition) is 3. The summed E-state index contributed by atoms with van der Waals surface area (Å²) in [6, 6.07) is 9.37. The largest absolute Gasteiger partial charge is 0.371 e. The molecular formula is C14H15NO2. The predicted molar refractivity (Wildman–Crippen MR) is 67.2 cm³/mol. The maximum Gasteiger partial charge on any atom is 0.194 e. The van der Waals surface area contributed by atoms with Gasteiger partial charge in [0.25, 0.3) is 0 Å². The highest BCUT2D eigenvalue weighted by atomic mass is 16.5. The monoisotopic (exact) mass is 229 g/mol. The molecule has 0 bridgehead atoms. The number of carbonyl (C=O) groups excluding carboxylic acids is 1. The molecule has 1 heterocycles. The standard InChI is InChI=1S/C14H15NO2/c1-14(2,17-3)13(16)11-7-6-10-5-4-8-15-12(10)9-11/h4-9H,1-3H3. The Kier molecular flexibility index (Phi) is 2.94. The Morgan fingerprint density at radius 2 is 2.06 bits per heavy atom. The van der Waals surface area contributed by atoms with Crippen LogP contribution in [0.5, 0.6) is 0 Å². The van der Waals surface area contributed by atoms with Gasteiger partial charge in [-0.25, -0.2) is 0 Å². The zero-order chi connectivity index (χ0) is 12.5. The van der Waals surface area contributed by atoms with Gasteiger partial charge in [-0.2, -0.15) is 0 Å². The number of fused-ring (bicyclic) bond motifs is 1. The number of nitrogens with zero attached hydrogens (tertiary/aromatic N) is 1. The van der Waals surface area contributed by atoms with E-state index in [0.29, 0.717) is 5.56 Å². The molecule has 1 aromatic heterocycles. The number of pyridine rings is 1. The second-order valence-corrected chi connectivity index (χ2v) is 4.45. The van der Waals surface area contributed by atoms with Gasteiger partial charge in [0.15, 0.2) is 5.78 Å². The normalized spacial score (nSPS) is 11.7. The molecule has 0 saturated heterocycles. The van der Waals surface area contributed by atoms with Crippen LogP contribution < -0.4 is 0 Å². The number of hydrogen-bond donors (Lipinski definition) is 0. The average Bonchev–Trinajstić information content (AvgIpc) is 2.37. The molecule has 0 aliphatic carbocycles. The summed E-state index contributed by atoms with van der Waals surface area (Å²) in [5, 5.41) is 1.03. The van der Waals surface area contributed by atoms with Crippen molar-refractivity contribution in [3.63, 3.8) is 0 Å². The summed E-state index contributed by atoms with van der Waals surface area (Å²) in [5.41, 5.74) is 0.649. The first-order valence-corrected chi connectivity index (χ1v) is 5.49. The predicted octanol–water partition coefficient (Wildman–Crippen LogP) is 2.84. The van der Waals surface area contributed by atoms with E-state index in [1.165, 1.54) is 7.11 Å². The number of benzene rings is 1. The number of rotatable bonds is 3. The van der Waals surface area contributed by atoms with E-state index in [9.17, 15) is 4.79 Å². The molecular weight excluding hydrogens is 214 g/mol. The molecule has 2 aromatic rings.